The van der Waals surface area contributed by atoms with Gasteiger partial charge in [-0.3, -0.25) is 19.1 Å². The fourth-order valence-electron chi connectivity index (χ4n) is 4.60. The topological polar surface area (TPSA) is 56.9 Å². The third-order valence-electron chi connectivity index (χ3n) is 6.14. The number of fused-ring (bicyclic) bond motifs is 3. The Labute approximate surface area is 168 Å². The highest BCUT2D eigenvalue weighted by Gasteiger charge is 2.21. The smallest absolute Gasteiger partial charge is 0.265 e. The Hall–Kier alpha value is -3.21. The van der Waals surface area contributed by atoms with E-state index >= 15 is 0 Å². The van der Waals surface area contributed by atoms with E-state index in [1.807, 2.05) is 61.0 Å². The molecule has 0 bridgehead atoms. The molecule has 0 aliphatic heterocycles. The summed E-state index contributed by atoms with van der Waals surface area (Å²) < 4.78 is 3.47. The summed E-state index contributed by atoms with van der Waals surface area (Å²) in [5, 5.41) is 1.76. The normalized spacial score (nSPS) is 14.8. The van der Waals surface area contributed by atoms with Crippen molar-refractivity contribution >= 4 is 21.7 Å². The van der Waals surface area contributed by atoms with Crippen molar-refractivity contribution < 1.29 is 0 Å². The Balaban J connectivity index is 1.82. The molecule has 146 valence electrons. The molecule has 3 heterocycles. The van der Waals surface area contributed by atoms with Gasteiger partial charge in [0.2, 0.25) is 0 Å². The molecule has 4 aromatic rings. The quantitative estimate of drug-likeness (QED) is 0.480. The maximum Gasteiger partial charge on any atom is 0.265 e. The zero-order chi connectivity index (χ0) is 20.1. The fourth-order valence-corrected chi connectivity index (χ4v) is 4.60. The molecule has 0 amide bonds. The molecule has 1 aromatic carbocycles. The first-order valence-electron chi connectivity index (χ1n) is 10.2. The van der Waals surface area contributed by atoms with Crippen LogP contribution in [0.1, 0.15) is 43.0 Å². The minimum absolute atomic E-state index is 0.0357. The molecule has 29 heavy (non-hydrogen) atoms. The highest BCUT2D eigenvalue weighted by atomic mass is 16.1. The summed E-state index contributed by atoms with van der Waals surface area (Å²) in [4.78, 5) is 31.3. The van der Waals surface area contributed by atoms with Crippen LogP contribution in [-0.4, -0.2) is 14.1 Å². The summed E-state index contributed by atoms with van der Waals surface area (Å²) in [7, 11) is 0. The first kappa shape index (κ1) is 17.9. The number of rotatable bonds is 2. The van der Waals surface area contributed by atoms with Crippen molar-refractivity contribution in [3.63, 3.8) is 0 Å². The van der Waals surface area contributed by atoms with Crippen LogP contribution in [0.4, 0.5) is 0 Å². The van der Waals surface area contributed by atoms with Crippen LogP contribution in [0.15, 0.2) is 58.4 Å². The van der Waals surface area contributed by atoms with Crippen molar-refractivity contribution in [2.24, 2.45) is 0 Å². The largest absolute Gasteiger partial charge is 0.312 e. The van der Waals surface area contributed by atoms with E-state index in [-0.39, 0.29) is 17.2 Å². The highest BCUT2D eigenvalue weighted by molar-refractivity contribution is 6.05. The van der Waals surface area contributed by atoms with Crippen LogP contribution < -0.4 is 11.1 Å². The summed E-state index contributed by atoms with van der Waals surface area (Å²) in [6.45, 7) is 3.87. The van der Waals surface area contributed by atoms with Crippen molar-refractivity contribution in [1.29, 1.82) is 0 Å². The Morgan fingerprint density at radius 3 is 2.31 bits per heavy atom. The lowest BCUT2D eigenvalue weighted by atomic mass is 10.1. The third kappa shape index (κ3) is 2.80. The molecule has 5 nitrogen and oxygen atoms in total. The van der Waals surface area contributed by atoms with Gasteiger partial charge in [0, 0.05) is 29.5 Å². The minimum atomic E-state index is -0.151. The summed E-state index contributed by atoms with van der Waals surface area (Å²) in [5.41, 5.74) is 3.06. The molecule has 0 atom stereocenters. The number of aromatic nitrogens is 3. The van der Waals surface area contributed by atoms with E-state index in [2.05, 4.69) is 4.98 Å². The van der Waals surface area contributed by atoms with E-state index in [4.69, 9.17) is 0 Å². The molecule has 1 saturated carbocycles. The zero-order valence-corrected chi connectivity index (χ0v) is 16.7. The van der Waals surface area contributed by atoms with Gasteiger partial charge in [0.05, 0.1) is 22.0 Å². The molecule has 0 N–H and O–H groups in total. The summed E-state index contributed by atoms with van der Waals surface area (Å²) in [6, 6.07) is 11.9. The number of benzene rings is 1. The molecule has 5 heteroatoms. The van der Waals surface area contributed by atoms with E-state index in [1.54, 1.807) is 10.8 Å². The zero-order valence-electron chi connectivity index (χ0n) is 16.7. The molecular weight excluding hydrogens is 362 g/mol. The minimum Gasteiger partial charge on any atom is -0.312 e. The van der Waals surface area contributed by atoms with Crippen LogP contribution in [0.25, 0.3) is 27.4 Å². The number of aryl methyl sites for hydroxylation is 2. The molecule has 0 unspecified atom stereocenters. The van der Waals surface area contributed by atoms with Crippen molar-refractivity contribution in [1.82, 2.24) is 14.1 Å². The molecule has 0 saturated heterocycles. The Kier molecular flexibility index (Phi) is 4.12. The van der Waals surface area contributed by atoms with Crippen molar-refractivity contribution in [3.05, 3.63) is 80.8 Å². The van der Waals surface area contributed by atoms with Gasteiger partial charge in [0.25, 0.3) is 11.1 Å². The summed E-state index contributed by atoms with van der Waals surface area (Å²) in [6.07, 6.45) is 8.00. The van der Waals surface area contributed by atoms with Crippen LogP contribution in [-0.2, 0) is 0 Å². The van der Waals surface area contributed by atoms with E-state index in [0.717, 1.165) is 36.9 Å². The number of pyridine rings is 3. The Bertz CT molecular complexity index is 1360. The average Bonchev–Trinajstić information content (AvgIpc) is 3.23. The fraction of sp³-hybridized carbons (Fsp3) is 0.292. The van der Waals surface area contributed by atoms with Crippen LogP contribution in [0.3, 0.4) is 0 Å². The van der Waals surface area contributed by atoms with Gasteiger partial charge < -0.3 is 4.57 Å². The Morgan fingerprint density at radius 1 is 0.862 bits per heavy atom. The second-order valence-corrected chi connectivity index (χ2v) is 8.04. The predicted molar refractivity (Wildman–Crippen MR) is 116 cm³/mol. The molecule has 1 aliphatic rings. The third-order valence-corrected chi connectivity index (χ3v) is 6.14. The molecule has 5 rings (SSSR count). The highest BCUT2D eigenvalue weighted by Crippen LogP contribution is 2.29. The lowest BCUT2D eigenvalue weighted by Crippen LogP contribution is -2.25. The van der Waals surface area contributed by atoms with Gasteiger partial charge >= 0.3 is 0 Å². The predicted octanol–water partition coefficient (Wildman–Crippen LogP) is 4.43. The lowest BCUT2D eigenvalue weighted by Gasteiger charge is -2.16. The molecule has 3 aromatic heterocycles. The van der Waals surface area contributed by atoms with Gasteiger partial charge in [-0.05, 0) is 51.0 Å². The summed E-state index contributed by atoms with van der Waals surface area (Å²) >= 11 is 0. The summed E-state index contributed by atoms with van der Waals surface area (Å²) in [5.74, 6) is 0. The standard InChI is InChI=1S/C24H23N3O2/c1-15-7-9-18(10-8-15)27-14-12-20-22(24(27)29)19-11-13-26(17-5-3-4-6-17)23(28)21(19)16(2)25-20/h7-14,17H,3-6H2,1-2H3. The molecule has 0 radical (unpaired) electrons. The second kappa shape index (κ2) is 6.69. The van der Waals surface area contributed by atoms with Crippen LogP contribution in [0.2, 0.25) is 0 Å². The van der Waals surface area contributed by atoms with Crippen molar-refractivity contribution in [2.75, 3.05) is 0 Å². The van der Waals surface area contributed by atoms with Gasteiger partial charge in [-0.1, -0.05) is 30.5 Å². The van der Waals surface area contributed by atoms with Gasteiger partial charge in [0.1, 0.15) is 0 Å². The van der Waals surface area contributed by atoms with Gasteiger partial charge in [0.15, 0.2) is 0 Å². The van der Waals surface area contributed by atoms with E-state index < -0.39 is 0 Å². The average molecular weight is 385 g/mol. The van der Waals surface area contributed by atoms with E-state index in [9.17, 15) is 9.59 Å². The van der Waals surface area contributed by atoms with E-state index in [0.29, 0.717) is 27.4 Å². The molecule has 1 fully saturated rings. The number of nitrogens with zero attached hydrogens (tertiary/aromatic N) is 3. The number of hydrogen-bond donors (Lipinski definition) is 0. The molecular formula is C24H23N3O2. The SMILES string of the molecule is Cc1ccc(-n2ccc3nc(C)c4c(=O)n(C5CCCC5)ccc4c3c2=O)cc1. The van der Waals surface area contributed by atoms with Crippen LogP contribution >= 0.6 is 0 Å². The number of hydrogen-bond acceptors (Lipinski definition) is 3. The monoisotopic (exact) mass is 385 g/mol. The van der Waals surface area contributed by atoms with Gasteiger partial charge in [-0.2, -0.15) is 0 Å². The second-order valence-electron chi connectivity index (χ2n) is 8.04. The van der Waals surface area contributed by atoms with E-state index in [1.165, 1.54) is 0 Å². The molecule has 1 aliphatic carbocycles. The maximum absolute atomic E-state index is 13.4. The van der Waals surface area contributed by atoms with Crippen molar-refractivity contribution in [2.45, 2.75) is 45.6 Å². The maximum atomic E-state index is 13.4. The van der Waals surface area contributed by atoms with Crippen LogP contribution in [0.5, 0.6) is 0 Å². The van der Waals surface area contributed by atoms with Gasteiger partial charge in [-0.15, -0.1) is 0 Å². The van der Waals surface area contributed by atoms with Crippen molar-refractivity contribution in [3.8, 4) is 5.69 Å². The van der Waals surface area contributed by atoms with Crippen LogP contribution in [0, 0.1) is 13.8 Å². The van der Waals surface area contributed by atoms with Gasteiger partial charge in [-0.25, -0.2) is 0 Å². The Morgan fingerprint density at radius 2 is 1.59 bits per heavy atom. The molecule has 0 spiro atoms. The lowest BCUT2D eigenvalue weighted by molar-refractivity contribution is 0.505. The first-order chi connectivity index (χ1) is 14.0. The first-order valence-corrected chi connectivity index (χ1v) is 10.2.